The Hall–Kier alpha value is -0.660. The Kier molecular flexibility index (Phi) is 10.0. The summed E-state index contributed by atoms with van der Waals surface area (Å²) in [5.74, 6) is -0.0147. The van der Waals surface area contributed by atoms with Gasteiger partial charge in [-0.1, -0.05) is 46.3 Å². The fourth-order valence-electron chi connectivity index (χ4n) is 12.0. The molecule has 5 rings (SSSR count). The van der Waals surface area contributed by atoms with Crippen molar-refractivity contribution in [1.29, 1.82) is 0 Å². The van der Waals surface area contributed by atoms with Crippen LogP contribution in [0.5, 0.6) is 0 Å². The second-order valence-corrected chi connectivity index (χ2v) is 17.3. The predicted molar refractivity (Wildman–Crippen MR) is 171 cm³/mol. The average molecular weight is 655 g/mol. The Morgan fingerprint density at radius 3 is 2.17 bits per heavy atom. The van der Waals surface area contributed by atoms with Crippen LogP contribution >= 0.6 is 0 Å². The lowest BCUT2D eigenvalue weighted by Gasteiger charge is -2.72. The van der Waals surface area contributed by atoms with Crippen LogP contribution in [-0.2, 0) is 9.47 Å². The van der Waals surface area contributed by atoms with Gasteiger partial charge in [0, 0.05) is 11.3 Å². The second-order valence-electron chi connectivity index (χ2n) is 17.3. The molecule has 10 heteroatoms. The van der Waals surface area contributed by atoms with Crippen molar-refractivity contribution in [2.24, 2.45) is 45.3 Å². The first kappa shape index (κ1) is 36.6. The molecule has 0 radical (unpaired) electrons. The van der Waals surface area contributed by atoms with Gasteiger partial charge in [-0.25, -0.2) is 0 Å². The molecule has 0 amide bonds. The first-order valence-electron chi connectivity index (χ1n) is 17.6. The van der Waals surface area contributed by atoms with Gasteiger partial charge in [-0.05, 0) is 99.2 Å². The molecule has 16 unspecified atom stereocenters. The molecule has 5 fully saturated rings. The minimum Gasteiger partial charge on any atom is -0.394 e. The van der Waals surface area contributed by atoms with Crippen LogP contribution in [0, 0.1) is 45.3 Å². The summed E-state index contributed by atoms with van der Waals surface area (Å²) in [5.41, 5.74) is -1.79. The second kappa shape index (κ2) is 12.6. The number of hydrogen-bond acceptors (Lipinski definition) is 10. The molecule has 0 aromatic rings. The van der Waals surface area contributed by atoms with Crippen LogP contribution < -0.4 is 0 Å². The van der Waals surface area contributed by atoms with Gasteiger partial charge in [-0.15, -0.1) is 0 Å². The summed E-state index contributed by atoms with van der Waals surface area (Å²) in [4.78, 5) is 0. The smallest absolute Gasteiger partial charge is 0.187 e. The summed E-state index contributed by atoms with van der Waals surface area (Å²) >= 11 is 0. The van der Waals surface area contributed by atoms with E-state index in [4.69, 9.17) is 9.47 Å². The van der Waals surface area contributed by atoms with Gasteiger partial charge < -0.3 is 50.3 Å². The molecular formula is C36H62O10. The maximum Gasteiger partial charge on any atom is 0.187 e. The van der Waals surface area contributed by atoms with Crippen LogP contribution in [0.25, 0.3) is 0 Å². The highest BCUT2D eigenvalue weighted by Gasteiger charge is 2.74. The summed E-state index contributed by atoms with van der Waals surface area (Å²) in [5, 5.41) is 86.6. The fraction of sp³-hybridized carbons (Fsp3) is 0.944. The number of fused-ring (bicyclic) bond motifs is 5. The molecule has 4 aliphatic carbocycles. The van der Waals surface area contributed by atoms with Crippen molar-refractivity contribution in [3.05, 3.63) is 11.6 Å². The van der Waals surface area contributed by atoms with E-state index < -0.39 is 72.1 Å². The molecule has 1 aliphatic heterocycles. The van der Waals surface area contributed by atoms with E-state index in [1.807, 2.05) is 33.8 Å². The Balaban J connectivity index is 1.50. The summed E-state index contributed by atoms with van der Waals surface area (Å²) in [6.07, 6.45) is -1.47. The summed E-state index contributed by atoms with van der Waals surface area (Å²) in [6, 6.07) is 0. The minimum absolute atomic E-state index is 0.0232. The van der Waals surface area contributed by atoms with Crippen molar-refractivity contribution in [3.63, 3.8) is 0 Å². The zero-order chi connectivity index (χ0) is 34.2. The van der Waals surface area contributed by atoms with E-state index in [1.165, 1.54) is 0 Å². The summed E-state index contributed by atoms with van der Waals surface area (Å²) < 4.78 is 12.6. The normalized spacial score (nSPS) is 51.9. The Labute approximate surface area is 274 Å². The molecule has 1 heterocycles. The summed E-state index contributed by atoms with van der Waals surface area (Å²) in [6.45, 7) is 14.1. The largest absolute Gasteiger partial charge is 0.394 e. The number of hydrogen-bond donors (Lipinski definition) is 8. The lowest BCUT2D eigenvalue weighted by Crippen LogP contribution is -2.73. The van der Waals surface area contributed by atoms with Crippen molar-refractivity contribution in [2.75, 3.05) is 13.2 Å². The monoisotopic (exact) mass is 654 g/mol. The van der Waals surface area contributed by atoms with E-state index in [1.54, 1.807) is 0 Å². The zero-order valence-corrected chi connectivity index (χ0v) is 29.0. The fourth-order valence-corrected chi connectivity index (χ4v) is 12.0. The molecule has 266 valence electrons. The third kappa shape index (κ3) is 5.28. The van der Waals surface area contributed by atoms with Crippen molar-refractivity contribution >= 4 is 0 Å². The lowest BCUT2D eigenvalue weighted by molar-refractivity contribution is -0.336. The SMILES string of the molecule is CC(=CCCC(C)(OC1OC(CO)C(O)C(O)C1O)C1CCC2(C)C1CCC1C3(C)CCC(O)C(C)(C)C3C(O)C(O)C12C)CO. The number of aliphatic hydroxyl groups excluding tert-OH is 8. The van der Waals surface area contributed by atoms with Gasteiger partial charge in [0.25, 0.3) is 0 Å². The highest BCUT2D eigenvalue weighted by molar-refractivity contribution is 5.23. The van der Waals surface area contributed by atoms with Crippen molar-refractivity contribution in [3.8, 4) is 0 Å². The first-order valence-corrected chi connectivity index (χ1v) is 17.6. The third-order valence-electron chi connectivity index (χ3n) is 14.8. The molecule has 5 aliphatic rings. The van der Waals surface area contributed by atoms with Crippen LogP contribution in [-0.4, -0.2) is 109 Å². The molecular weight excluding hydrogens is 592 g/mol. The van der Waals surface area contributed by atoms with Gasteiger partial charge in [0.2, 0.25) is 0 Å². The van der Waals surface area contributed by atoms with Crippen molar-refractivity contribution < 1.29 is 50.3 Å². The van der Waals surface area contributed by atoms with Gasteiger partial charge in [-0.2, -0.15) is 0 Å². The highest BCUT2D eigenvalue weighted by atomic mass is 16.7. The van der Waals surface area contributed by atoms with Crippen LogP contribution in [0.15, 0.2) is 11.6 Å². The molecule has 8 N–H and O–H groups in total. The number of aliphatic hydroxyl groups is 8. The Bertz CT molecular complexity index is 1130. The number of allylic oxidation sites excluding steroid dienone is 1. The standard InChI is InChI=1S/C36H62O10/c1-19(17-37)9-8-14-35(6,46-31-27(42)26(41)25(40)22(18-38)45-31)21-12-16-34(5)20(21)10-11-23-33(4)15-13-24(39)32(2,3)29(33)28(43)30(44)36(23,34)7/h9,20-31,37-44H,8,10-18H2,1-7H3. The van der Waals surface area contributed by atoms with E-state index in [-0.39, 0.29) is 41.1 Å². The maximum atomic E-state index is 12.2. The van der Waals surface area contributed by atoms with Gasteiger partial charge in [0.05, 0.1) is 37.1 Å². The van der Waals surface area contributed by atoms with Gasteiger partial charge in [0.1, 0.15) is 24.4 Å². The summed E-state index contributed by atoms with van der Waals surface area (Å²) in [7, 11) is 0. The first-order chi connectivity index (χ1) is 21.3. The van der Waals surface area contributed by atoms with Crippen LogP contribution in [0.3, 0.4) is 0 Å². The van der Waals surface area contributed by atoms with Gasteiger partial charge in [0.15, 0.2) is 6.29 Å². The third-order valence-corrected chi connectivity index (χ3v) is 14.8. The van der Waals surface area contributed by atoms with Crippen molar-refractivity contribution in [1.82, 2.24) is 0 Å². The molecule has 0 aromatic heterocycles. The minimum atomic E-state index is -1.55. The van der Waals surface area contributed by atoms with Crippen LogP contribution in [0.4, 0.5) is 0 Å². The molecule has 46 heavy (non-hydrogen) atoms. The molecule has 0 aromatic carbocycles. The number of ether oxygens (including phenoxy) is 2. The molecule has 10 nitrogen and oxygen atoms in total. The molecule has 1 saturated heterocycles. The van der Waals surface area contributed by atoms with E-state index >= 15 is 0 Å². The molecule has 0 spiro atoms. The van der Waals surface area contributed by atoms with Crippen molar-refractivity contribution in [2.45, 2.75) is 154 Å². The molecule has 4 saturated carbocycles. The lowest BCUT2D eigenvalue weighted by atomic mass is 9.34. The van der Waals surface area contributed by atoms with Crippen LogP contribution in [0.2, 0.25) is 0 Å². The Morgan fingerprint density at radius 1 is 0.870 bits per heavy atom. The molecule has 0 bridgehead atoms. The highest BCUT2D eigenvalue weighted by Crippen LogP contribution is 2.76. The van der Waals surface area contributed by atoms with E-state index in [9.17, 15) is 40.9 Å². The Morgan fingerprint density at radius 2 is 1.54 bits per heavy atom. The topological polar surface area (TPSA) is 180 Å². The maximum absolute atomic E-state index is 12.2. The van der Waals surface area contributed by atoms with Gasteiger partial charge >= 0.3 is 0 Å². The van der Waals surface area contributed by atoms with Gasteiger partial charge in [-0.3, -0.25) is 0 Å². The van der Waals surface area contributed by atoms with E-state index in [0.717, 1.165) is 37.7 Å². The quantitative estimate of drug-likeness (QED) is 0.181. The number of rotatable bonds is 8. The predicted octanol–water partition coefficient (Wildman–Crippen LogP) is 2.27. The average Bonchev–Trinajstić information content (AvgIpc) is 3.37. The van der Waals surface area contributed by atoms with E-state index in [0.29, 0.717) is 19.3 Å². The molecule has 16 atom stereocenters. The van der Waals surface area contributed by atoms with E-state index in [2.05, 4.69) is 20.8 Å². The van der Waals surface area contributed by atoms with Crippen LogP contribution in [0.1, 0.15) is 99.8 Å². The zero-order valence-electron chi connectivity index (χ0n) is 29.0.